The van der Waals surface area contributed by atoms with Crippen molar-refractivity contribution in [2.75, 3.05) is 18.0 Å². The summed E-state index contributed by atoms with van der Waals surface area (Å²) in [6, 6.07) is 8.86. The molecule has 1 heterocycles. The Hall–Kier alpha value is -1.16. The first kappa shape index (κ1) is 14.8. The largest absolute Gasteiger partial charge is 0.360 e. The molecule has 1 aliphatic carbocycles. The smallest absolute Gasteiger partial charge is 0.239 e. The second-order valence-electron chi connectivity index (χ2n) is 6.05. The fourth-order valence-corrected chi connectivity index (χ4v) is 4.51. The number of carbonyl (C=O) groups is 1. The molecular formula is C17H24N2OS. The molecule has 3 nitrogen and oxygen atoms in total. The van der Waals surface area contributed by atoms with Crippen LogP contribution in [0.2, 0.25) is 0 Å². The predicted octanol–water partition coefficient (Wildman–Crippen LogP) is 3.44. The molecule has 4 heteroatoms. The fraction of sp³-hybridized carbons (Fsp3) is 0.588. The summed E-state index contributed by atoms with van der Waals surface area (Å²) in [7, 11) is 0. The Morgan fingerprint density at radius 1 is 1.33 bits per heavy atom. The van der Waals surface area contributed by atoms with Gasteiger partial charge in [0.1, 0.15) is 0 Å². The first-order valence-corrected chi connectivity index (χ1v) is 8.94. The number of hydrogen-bond donors (Lipinski definition) is 1. The molecule has 1 aromatic rings. The van der Waals surface area contributed by atoms with Gasteiger partial charge in [0.25, 0.3) is 0 Å². The Kier molecular flexibility index (Phi) is 4.73. The van der Waals surface area contributed by atoms with Crippen molar-refractivity contribution in [2.24, 2.45) is 0 Å². The van der Waals surface area contributed by atoms with E-state index in [1.54, 1.807) is 0 Å². The van der Waals surface area contributed by atoms with Gasteiger partial charge >= 0.3 is 0 Å². The van der Waals surface area contributed by atoms with Crippen molar-refractivity contribution in [3.8, 4) is 0 Å². The van der Waals surface area contributed by atoms with Crippen LogP contribution in [-0.4, -0.2) is 30.3 Å². The average molecular weight is 304 g/mol. The molecule has 1 aliphatic heterocycles. The molecule has 0 radical (unpaired) electrons. The number of rotatable bonds is 4. The lowest BCUT2D eigenvalue weighted by Gasteiger charge is -2.35. The van der Waals surface area contributed by atoms with E-state index in [-0.39, 0.29) is 5.91 Å². The quantitative estimate of drug-likeness (QED) is 0.925. The van der Waals surface area contributed by atoms with E-state index in [0.717, 1.165) is 25.8 Å². The third-order valence-electron chi connectivity index (χ3n) is 4.43. The lowest BCUT2D eigenvalue weighted by molar-refractivity contribution is -0.120. The highest BCUT2D eigenvalue weighted by Crippen LogP contribution is 2.39. The Morgan fingerprint density at radius 3 is 2.86 bits per heavy atom. The van der Waals surface area contributed by atoms with E-state index in [1.807, 2.05) is 11.8 Å². The maximum atomic E-state index is 12.3. The van der Waals surface area contributed by atoms with Crippen LogP contribution in [0.15, 0.2) is 29.2 Å². The van der Waals surface area contributed by atoms with Gasteiger partial charge in [-0.15, -0.1) is 11.8 Å². The molecule has 0 saturated heterocycles. The Bertz CT molecular complexity index is 499. The van der Waals surface area contributed by atoms with Crippen LogP contribution in [0.4, 0.5) is 5.69 Å². The van der Waals surface area contributed by atoms with Crippen molar-refractivity contribution in [3.05, 3.63) is 24.3 Å². The molecule has 0 spiro atoms. The minimum atomic E-state index is 0.179. The van der Waals surface area contributed by atoms with Crippen molar-refractivity contribution in [2.45, 2.75) is 55.2 Å². The maximum Gasteiger partial charge on any atom is 0.239 e. The van der Waals surface area contributed by atoms with Gasteiger partial charge in [0.05, 0.1) is 12.2 Å². The van der Waals surface area contributed by atoms with Gasteiger partial charge in [-0.3, -0.25) is 4.79 Å². The number of amides is 1. The van der Waals surface area contributed by atoms with E-state index in [1.165, 1.54) is 23.4 Å². The van der Waals surface area contributed by atoms with E-state index in [9.17, 15) is 4.79 Å². The lowest BCUT2D eigenvalue weighted by atomic mass is 10.2. The summed E-state index contributed by atoms with van der Waals surface area (Å²) in [5, 5.41) is 3.78. The zero-order chi connectivity index (χ0) is 14.7. The van der Waals surface area contributed by atoms with Crippen LogP contribution >= 0.6 is 11.8 Å². The number of para-hydroxylation sites is 1. The Labute approximate surface area is 131 Å². The van der Waals surface area contributed by atoms with Crippen molar-refractivity contribution in [1.82, 2.24) is 5.32 Å². The van der Waals surface area contributed by atoms with Crippen LogP contribution in [0.25, 0.3) is 0 Å². The molecule has 1 atom stereocenters. The van der Waals surface area contributed by atoms with Crippen LogP contribution < -0.4 is 10.2 Å². The summed E-state index contributed by atoms with van der Waals surface area (Å²) < 4.78 is 0. The highest BCUT2D eigenvalue weighted by Gasteiger charge is 2.26. The summed E-state index contributed by atoms with van der Waals surface area (Å²) in [4.78, 5) is 15.9. The first-order valence-electron chi connectivity index (χ1n) is 8.06. The number of anilines is 1. The van der Waals surface area contributed by atoms with Crippen LogP contribution in [0, 0.1) is 0 Å². The SMILES string of the molecule is CCC1CN(CC(=O)NC2CCCC2)c2ccccc2S1. The molecule has 1 aromatic carbocycles. The molecule has 0 aromatic heterocycles. The summed E-state index contributed by atoms with van der Waals surface area (Å²) in [5.41, 5.74) is 1.22. The lowest BCUT2D eigenvalue weighted by Crippen LogP contribution is -2.44. The Balaban J connectivity index is 1.67. The third kappa shape index (κ3) is 3.54. The van der Waals surface area contributed by atoms with Crippen molar-refractivity contribution >= 4 is 23.4 Å². The second-order valence-corrected chi connectivity index (χ2v) is 7.39. The van der Waals surface area contributed by atoms with Gasteiger partial charge in [0.2, 0.25) is 5.91 Å². The Morgan fingerprint density at radius 2 is 2.10 bits per heavy atom. The number of nitrogens with one attached hydrogen (secondary N) is 1. The zero-order valence-electron chi connectivity index (χ0n) is 12.7. The van der Waals surface area contributed by atoms with Gasteiger partial charge in [0.15, 0.2) is 0 Å². The summed E-state index contributed by atoms with van der Waals surface area (Å²) in [6.45, 7) is 3.68. The molecule has 1 N–H and O–H groups in total. The number of thioether (sulfide) groups is 1. The number of benzene rings is 1. The summed E-state index contributed by atoms with van der Waals surface area (Å²) in [5.74, 6) is 0.179. The summed E-state index contributed by atoms with van der Waals surface area (Å²) in [6.07, 6.45) is 5.95. The van der Waals surface area contributed by atoms with Crippen LogP contribution in [0.1, 0.15) is 39.0 Å². The van der Waals surface area contributed by atoms with E-state index in [4.69, 9.17) is 0 Å². The minimum absolute atomic E-state index is 0.179. The van der Waals surface area contributed by atoms with E-state index in [2.05, 4.69) is 41.4 Å². The molecule has 114 valence electrons. The van der Waals surface area contributed by atoms with Crippen LogP contribution in [0.3, 0.4) is 0 Å². The van der Waals surface area contributed by atoms with Crippen LogP contribution in [0.5, 0.6) is 0 Å². The second kappa shape index (κ2) is 6.73. The van der Waals surface area contributed by atoms with E-state index < -0.39 is 0 Å². The van der Waals surface area contributed by atoms with E-state index in [0.29, 0.717) is 17.8 Å². The zero-order valence-corrected chi connectivity index (χ0v) is 13.5. The van der Waals surface area contributed by atoms with Gasteiger partial charge in [-0.1, -0.05) is 31.9 Å². The van der Waals surface area contributed by atoms with Crippen LogP contribution in [-0.2, 0) is 4.79 Å². The number of nitrogens with zero attached hydrogens (tertiary/aromatic N) is 1. The van der Waals surface area contributed by atoms with Crippen molar-refractivity contribution in [3.63, 3.8) is 0 Å². The highest BCUT2D eigenvalue weighted by molar-refractivity contribution is 8.00. The van der Waals surface area contributed by atoms with Gasteiger partial charge < -0.3 is 10.2 Å². The van der Waals surface area contributed by atoms with Crippen molar-refractivity contribution < 1.29 is 4.79 Å². The maximum absolute atomic E-state index is 12.3. The summed E-state index contributed by atoms with van der Waals surface area (Å²) >= 11 is 1.95. The standard InChI is InChI=1S/C17H24N2OS/c1-2-14-11-19(15-9-5-6-10-16(15)21-14)12-17(20)18-13-7-3-4-8-13/h5-6,9-10,13-14H,2-4,7-8,11-12H2,1H3,(H,18,20). The fourth-order valence-electron chi connectivity index (χ4n) is 3.26. The molecular weight excluding hydrogens is 280 g/mol. The monoisotopic (exact) mass is 304 g/mol. The molecule has 21 heavy (non-hydrogen) atoms. The third-order valence-corrected chi connectivity index (χ3v) is 5.85. The number of fused-ring (bicyclic) bond motifs is 1. The van der Waals surface area contributed by atoms with E-state index >= 15 is 0 Å². The van der Waals surface area contributed by atoms with Gasteiger partial charge in [-0.05, 0) is 31.4 Å². The van der Waals surface area contributed by atoms with Crippen molar-refractivity contribution in [1.29, 1.82) is 0 Å². The van der Waals surface area contributed by atoms with Gasteiger partial charge in [-0.2, -0.15) is 0 Å². The molecule has 1 fully saturated rings. The molecule has 1 amide bonds. The van der Waals surface area contributed by atoms with Gasteiger partial charge in [-0.25, -0.2) is 0 Å². The number of hydrogen-bond acceptors (Lipinski definition) is 3. The average Bonchev–Trinajstić information content (AvgIpc) is 2.99. The molecule has 3 rings (SSSR count). The topological polar surface area (TPSA) is 32.3 Å². The molecule has 2 aliphatic rings. The first-order chi connectivity index (χ1) is 10.3. The minimum Gasteiger partial charge on any atom is -0.360 e. The molecule has 1 unspecified atom stereocenters. The number of carbonyl (C=O) groups excluding carboxylic acids is 1. The molecule has 0 bridgehead atoms. The van der Waals surface area contributed by atoms with Gasteiger partial charge in [0, 0.05) is 22.7 Å². The predicted molar refractivity (Wildman–Crippen MR) is 89.0 cm³/mol. The normalized spacial score (nSPS) is 22.1. The molecule has 1 saturated carbocycles. The highest BCUT2D eigenvalue weighted by atomic mass is 32.2.